The molecule has 9 heteroatoms. The Morgan fingerprint density at radius 2 is 2.07 bits per heavy atom. The lowest BCUT2D eigenvalue weighted by Crippen LogP contribution is -2.49. The molecule has 1 aromatic heterocycles. The maximum Gasteiger partial charge on any atom is 0.270 e. The smallest absolute Gasteiger partial charge is 0.270 e. The second kappa shape index (κ2) is 7.80. The van der Waals surface area contributed by atoms with E-state index in [2.05, 4.69) is 15.5 Å². The SMILES string of the molecule is CNC(=O)[C@H]1Cc2ccccc2CN1Cc1nc(-c2cccc([N+](=O)[O-])c2)no1. The fourth-order valence-corrected chi connectivity index (χ4v) is 3.54. The van der Waals surface area contributed by atoms with E-state index < -0.39 is 4.92 Å². The van der Waals surface area contributed by atoms with Crippen LogP contribution < -0.4 is 5.32 Å². The first kappa shape index (κ1) is 18.8. The Balaban J connectivity index is 1.57. The molecule has 1 aliphatic heterocycles. The van der Waals surface area contributed by atoms with Crippen molar-refractivity contribution in [2.45, 2.75) is 25.6 Å². The zero-order valence-electron chi connectivity index (χ0n) is 15.7. The van der Waals surface area contributed by atoms with E-state index in [1.54, 1.807) is 19.2 Å². The fraction of sp³-hybridized carbons (Fsp3) is 0.250. The molecule has 3 aromatic rings. The van der Waals surface area contributed by atoms with Gasteiger partial charge in [-0.25, -0.2) is 0 Å². The summed E-state index contributed by atoms with van der Waals surface area (Å²) in [5, 5.41) is 17.6. The van der Waals surface area contributed by atoms with E-state index in [0.717, 1.165) is 11.1 Å². The number of nitro groups is 1. The summed E-state index contributed by atoms with van der Waals surface area (Å²) in [6.45, 7) is 0.886. The largest absolute Gasteiger partial charge is 0.358 e. The molecule has 0 saturated heterocycles. The molecule has 29 heavy (non-hydrogen) atoms. The maximum atomic E-state index is 12.4. The number of fused-ring (bicyclic) bond motifs is 1. The predicted molar refractivity (Wildman–Crippen MR) is 104 cm³/mol. The van der Waals surface area contributed by atoms with Crippen LogP contribution in [0.4, 0.5) is 5.69 Å². The summed E-state index contributed by atoms with van der Waals surface area (Å²) in [5.41, 5.74) is 2.77. The summed E-state index contributed by atoms with van der Waals surface area (Å²) in [4.78, 5) is 29.3. The third-order valence-corrected chi connectivity index (χ3v) is 5.02. The molecular formula is C20H19N5O4. The Morgan fingerprint density at radius 3 is 2.83 bits per heavy atom. The number of carbonyl (C=O) groups excluding carboxylic acids is 1. The van der Waals surface area contributed by atoms with E-state index in [-0.39, 0.29) is 23.5 Å². The Hall–Kier alpha value is -3.59. The minimum absolute atomic E-state index is 0.0406. The quantitative estimate of drug-likeness (QED) is 0.522. The molecule has 1 N–H and O–H groups in total. The Morgan fingerprint density at radius 1 is 1.28 bits per heavy atom. The summed E-state index contributed by atoms with van der Waals surface area (Å²) in [6, 6.07) is 13.8. The predicted octanol–water partition coefficient (Wildman–Crippen LogP) is 2.32. The van der Waals surface area contributed by atoms with Crippen molar-refractivity contribution in [2.75, 3.05) is 7.05 Å². The maximum absolute atomic E-state index is 12.4. The van der Waals surface area contributed by atoms with E-state index >= 15 is 0 Å². The average molecular weight is 393 g/mol. The van der Waals surface area contributed by atoms with E-state index in [9.17, 15) is 14.9 Å². The van der Waals surface area contributed by atoms with Crippen molar-refractivity contribution in [3.8, 4) is 11.4 Å². The van der Waals surface area contributed by atoms with Gasteiger partial charge in [0.2, 0.25) is 17.6 Å². The highest BCUT2D eigenvalue weighted by Crippen LogP contribution is 2.26. The zero-order valence-corrected chi connectivity index (χ0v) is 15.7. The number of non-ortho nitro benzene ring substituents is 1. The van der Waals surface area contributed by atoms with Crippen LogP contribution in [0.1, 0.15) is 17.0 Å². The third kappa shape index (κ3) is 3.85. The number of hydrogen-bond donors (Lipinski definition) is 1. The Labute approximate surface area is 166 Å². The van der Waals surface area contributed by atoms with Crippen LogP contribution in [0.25, 0.3) is 11.4 Å². The molecule has 0 saturated carbocycles. The molecule has 4 rings (SSSR count). The molecule has 0 radical (unpaired) electrons. The number of rotatable bonds is 5. The molecule has 1 amide bonds. The van der Waals surface area contributed by atoms with Crippen molar-refractivity contribution in [3.63, 3.8) is 0 Å². The zero-order chi connectivity index (χ0) is 20.4. The summed E-state index contributed by atoms with van der Waals surface area (Å²) in [5.74, 6) is 0.551. The molecule has 0 fully saturated rings. The second-order valence-electron chi connectivity index (χ2n) is 6.83. The van der Waals surface area contributed by atoms with Gasteiger partial charge in [-0.2, -0.15) is 4.98 Å². The van der Waals surface area contributed by atoms with Gasteiger partial charge < -0.3 is 9.84 Å². The van der Waals surface area contributed by atoms with Crippen molar-refractivity contribution in [1.82, 2.24) is 20.4 Å². The van der Waals surface area contributed by atoms with Gasteiger partial charge in [-0.15, -0.1) is 0 Å². The number of hydrogen-bond acceptors (Lipinski definition) is 7. The van der Waals surface area contributed by atoms with Gasteiger partial charge in [0.05, 0.1) is 17.5 Å². The number of nitro benzene ring substituents is 1. The van der Waals surface area contributed by atoms with Gasteiger partial charge in [0.25, 0.3) is 5.69 Å². The normalized spacial score (nSPS) is 16.2. The van der Waals surface area contributed by atoms with Crippen molar-refractivity contribution in [3.05, 3.63) is 75.7 Å². The molecule has 148 valence electrons. The van der Waals surface area contributed by atoms with Gasteiger partial charge in [-0.3, -0.25) is 19.8 Å². The number of aromatic nitrogens is 2. The van der Waals surface area contributed by atoms with Crippen LogP contribution in [0.2, 0.25) is 0 Å². The van der Waals surface area contributed by atoms with Crippen LogP contribution in [-0.2, 0) is 24.3 Å². The number of carbonyl (C=O) groups is 1. The fourth-order valence-electron chi connectivity index (χ4n) is 3.54. The first-order chi connectivity index (χ1) is 14.0. The van der Waals surface area contributed by atoms with Gasteiger partial charge in [-0.05, 0) is 17.5 Å². The van der Waals surface area contributed by atoms with Crippen LogP contribution in [0.15, 0.2) is 53.1 Å². The molecule has 9 nitrogen and oxygen atoms in total. The standard InChI is InChI=1S/C20H19N5O4/c1-21-20(26)17-10-13-5-2-3-6-15(13)11-24(17)12-18-22-19(23-29-18)14-7-4-8-16(9-14)25(27)28/h2-9,17H,10-12H2,1H3,(H,21,26)/t17-/m1/s1. The summed E-state index contributed by atoms with van der Waals surface area (Å²) in [7, 11) is 1.62. The van der Waals surface area contributed by atoms with Crippen LogP contribution in [0.3, 0.4) is 0 Å². The van der Waals surface area contributed by atoms with Gasteiger partial charge in [0.15, 0.2) is 0 Å². The van der Waals surface area contributed by atoms with Gasteiger partial charge in [-0.1, -0.05) is 41.6 Å². The highest BCUT2D eigenvalue weighted by molar-refractivity contribution is 5.82. The van der Waals surface area contributed by atoms with Crippen molar-refractivity contribution >= 4 is 11.6 Å². The molecule has 1 atom stereocenters. The van der Waals surface area contributed by atoms with Gasteiger partial charge in [0, 0.05) is 31.3 Å². The number of benzene rings is 2. The van der Waals surface area contributed by atoms with Crippen molar-refractivity contribution < 1.29 is 14.2 Å². The third-order valence-electron chi connectivity index (χ3n) is 5.02. The average Bonchev–Trinajstić information content (AvgIpc) is 3.21. The topological polar surface area (TPSA) is 114 Å². The Kier molecular flexibility index (Phi) is 5.05. The molecule has 2 aromatic carbocycles. The summed E-state index contributed by atoms with van der Waals surface area (Å²) in [6.07, 6.45) is 0.599. The first-order valence-corrected chi connectivity index (χ1v) is 9.15. The summed E-state index contributed by atoms with van der Waals surface area (Å²) < 4.78 is 5.37. The van der Waals surface area contributed by atoms with Crippen molar-refractivity contribution in [2.24, 2.45) is 0 Å². The van der Waals surface area contributed by atoms with E-state index in [1.807, 2.05) is 29.2 Å². The number of amides is 1. The lowest BCUT2D eigenvalue weighted by molar-refractivity contribution is -0.384. The highest BCUT2D eigenvalue weighted by Gasteiger charge is 2.32. The molecule has 0 bridgehead atoms. The molecule has 1 aliphatic rings. The van der Waals surface area contributed by atoms with Gasteiger partial charge in [0.1, 0.15) is 0 Å². The van der Waals surface area contributed by atoms with Crippen LogP contribution >= 0.6 is 0 Å². The van der Waals surface area contributed by atoms with Gasteiger partial charge >= 0.3 is 0 Å². The minimum atomic E-state index is -0.469. The second-order valence-corrected chi connectivity index (χ2v) is 6.83. The number of nitrogens with one attached hydrogen (secondary N) is 1. The lowest BCUT2D eigenvalue weighted by Gasteiger charge is -2.34. The summed E-state index contributed by atoms with van der Waals surface area (Å²) >= 11 is 0. The molecule has 2 heterocycles. The lowest BCUT2D eigenvalue weighted by atomic mass is 9.93. The number of nitrogens with zero attached hydrogens (tertiary/aromatic N) is 4. The molecule has 0 unspecified atom stereocenters. The minimum Gasteiger partial charge on any atom is -0.358 e. The monoisotopic (exact) mass is 393 g/mol. The Bertz CT molecular complexity index is 1060. The number of likely N-dealkylation sites (N-methyl/N-ethyl adjacent to an activating group) is 1. The van der Waals surface area contributed by atoms with Crippen LogP contribution in [0.5, 0.6) is 0 Å². The van der Waals surface area contributed by atoms with E-state index in [4.69, 9.17) is 4.52 Å². The molecule has 0 spiro atoms. The molecular weight excluding hydrogens is 374 g/mol. The van der Waals surface area contributed by atoms with E-state index in [0.29, 0.717) is 31.0 Å². The molecule has 0 aliphatic carbocycles. The van der Waals surface area contributed by atoms with E-state index in [1.165, 1.54) is 12.1 Å². The first-order valence-electron chi connectivity index (χ1n) is 9.15. The highest BCUT2D eigenvalue weighted by atomic mass is 16.6. The van der Waals surface area contributed by atoms with Crippen LogP contribution in [0, 0.1) is 10.1 Å². The van der Waals surface area contributed by atoms with Crippen molar-refractivity contribution in [1.29, 1.82) is 0 Å². The van der Waals surface area contributed by atoms with Crippen LogP contribution in [-0.4, -0.2) is 39.0 Å².